The van der Waals surface area contributed by atoms with Crippen LogP contribution in [-0.4, -0.2) is 15.0 Å². The Kier molecular flexibility index (Phi) is 5.23. The third kappa shape index (κ3) is 3.43. The number of hydrogen-bond donors (Lipinski definition) is 2. The summed E-state index contributed by atoms with van der Waals surface area (Å²) in [7, 11) is -3.65. The molecule has 1 aliphatic heterocycles. The molecular formula is C20H21ClN2O2S. The van der Waals surface area contributed by atoms with E-state index in [1.807, 2.05) is 48.5 Å². The minimum Gasteiger partial charge on any atom is -0.312 e. The van der Waals surface area contributed by atoms with E-state index in [1.54, 1.807) is 12.1 Å². The van der Waals surface area contributed by atoms with Crippen LogP contribution in [0.15, 0.2) is 65.6 Å². The largest absolute Gasteiger partial charge is 0.312 e. The topological polar surface area (TPSA) is 58.2 Å². The van der Waals surface area contributed by atoms with Crippen molar-refractivity contribution in [1.82, 2.24) is 5.32 Å². The van der Waals surface area contributed by atoms with Crippen molar-refractivity contribution < 1.29 is 8.42 Å². The average Bonchev–Trinajstić information content (AvgIpc) is 2.61. The highest BCUT2D eigenvalue weighted by atomic mass is 35.5. The van der Waals surface area contributed by atoms with Crippen LogP contribution >= 0.6 is 12.4 Å². The van der Waals surface area contributed by atoms with Crippen LogP contribution in [0, 0.1) is 0 Å². The second-order valence-corrected chi connectivity index (χ2v) is 8.18. The maximum Gasteiger partial charge on any atom is 0.262 e. The molecule has 1 heterocycles. The molecule has 4 rings (SSSR count). The Bertz CT molecular complexity index is 1050. The third-order valence-electron chi connectivity index (χ3n) is 4.73. The molecule has 0 aliphatic carbocycles. The van der Waals surface area contributed by atoms with E-state index in [1.165, 1.54) is 11.1 Å². The lowest BCUT2D eigenvalue weighted by Crippen LogP contribution is -2.26. The van der Waals surface area contributed by atoms with Crippen molar-refractivity contribution >= 4 is 38.9 Å². The van der Waals surface area contributed by atoms with E-state index < -0.39 is 10.0 Å². The van der Waals surface area contributed by atoms with E-state index in [2.05, 4.69) is 17.0 Å². The molecule has 0 aromatic heterocycles. The second-order valence-electron chi connectivity index (χ2n) is 6.53. The van der Waals surface area contributed by atoms with E-state index in [-0.39, 0.29) is 12.4 Å². The predicted octanol–water partition coefficient (Wildman–Crippen LogP) is 4.27. The number of rotatable bonds is 3. The molecule has 6 heteroatoms. The molecule has 1 atom stereocenters. The minimum absolute atomic E-state index is 0. The van der Waals surface area contributed by atoms with Crippen LogP contribution < -0.4 is 10.0 Å². The first-order chi connectivity index (χ1) is 12.0. The number of benzene rings is 3. The Labute approximate surface area is 160 Å². The summed E-state index contributed by atoms with van der Waals surface area (Å²) in [5.74, 6) is 0.366. The van der Waals surface area contributed by atoms with Crippen LogP contribution in [0.5, 0.6) is 0 Å². The molecule has 3 aromatic rings. The molecule has 2 N–H and O–H groups in total. The Hall–Kier alpha value is -2.08. The fourth-order valence-corrected chi connectivity index (χ4v) is 4.73. The molecule has 0 bridgehead atoms. The molecule has 0 saturated heterocycles. The van der Waals surface area contributed by atoms with Gasteiger partial charge in [-0.2, -0.15) is 0 Å². The molecule has 1 aliphatic rings. The zero-order chi connectivity index (χ0) is 17.4. The van der Waals surface area contributed by atoms with Crippen molar-refractivity contribution in [3.63, 3.8) is 0 Å². The van der Waals surface area contributed by atoms with Gasteiger partial charge in [-0.3, -0.25) is 4.72 Å². The highest BCUT2D eigenvalue weighted by molar-refractivity contribution is 7.93. The summed E-state index contributed by atoms with van der Waals surface area (Å²) in [5.41, 5.74) is 3.05. The van der Waals surface area contributed by atoms with Gasteiger partial charge in [-0.1, -0.05) is 49.4 Å². The van der Waals surface area contributed by atoms with Gasteiger partial charge in [0.15, 0.2) is 0 Å². The number of anilines is 1. The summed E-state index contributed by atoms with van der Waals surface area (Å²) in [6.07, 6.45) is 0. The highest BCUT2D eigenvalue weighted by Gasteiger charge is 2.20. The number of halogens is 1. The number of nitrogens with one attached hydrogen (secondary N) is 2. The molecule has 0 fully saturated rings. The lowest BCUT2D eigenvalue weighted by Gasteiger charge is -2.24. The molecule has 136 valence electrons. The van der Waals surface area contributed by atoms with Gasteiger partial charge < -0.3 is 5.32 Å². The van der Waals surface area contributed by atoms with E-state index in [4.69, 9.17) is 0 Å². The van der Waals surface area contributed by atoms with Crippen molar-refractivity contribution in [2.45, 2.75) is 24.3 Å². The third-order valence-corrected chi connectivity index (χ3v) is 6.17. The highest BCUT2D eigenvalue weighted by Crippen LogP contribution is 2.29. The molecular weight excluding hydrogens is 368 g/mol. The first-order valence-corrected chi connectivity index (χ1v) is 9.87. The average molecular weight is 389 g/mol. The molecule has 0 amide bonds. The lowest BCUT2D eigenvalue weighted by molar-refractivity contribution is 0.571. The molecule has 4 nitrogen and oxygen atoms in total. The number of hydrogen-bond acceptors (Lipinski definition) is 3. The van der Waals surface area contributed by atoms with Gasteiger partial charge in [0.25, 0.3) is 10.0 Å². The van der Waals surface area contributed by atoms with E-state index in [0.717, 1.165) is 23.9 Å². The number of sulfonamides is 1. The normalized spacial score (nSPS) is 16.6. The first kappa shape index (κ1) is 18.7. The van der Waals surface area contributed by atoms with Crippen molar-refractivity contribution in [2.24, 2.45) is 0 Å². The second kappa shape index (κ2) is 7.27. The van der Waals surface area contributed by atoms with Crippen molar-refractivity contribution in [3.05, 3.63) is 71.8 Å². The smallest absolute Gasteiger partial charge is 0.262 e. The molecule has 0 spiro atoms. The van der Waals surface area contributed by atoms with Gasteiger partial charge >= 0.3 is 0 Å². The van der Waals surface area contributed by atoms with Gasteiger partial charge in [-0.15, -0.1) is 12.4 Å². The summed E-state index contributed by atoms with van der Waals surface area (Å²) in [5, 5.41) is 5.01. The molecule has 3 aromatic carbocycles. The minimum atomic E-state index is -3.65. The monoisotopic (exact) mass is 388 g/mol. The summed E-state index contributed by atoms with van der Waals surface area (Å²) < 4.78 is 28.6. The van der Waals surface area contributed by atoms with Crippen LogP contribution in [0.4, 0.5) is 5.69 Å². The van der Waals surface area contributed by atoms with Crippen molar-refractivity contribution in [1.29, 1.82) is 0 Å². The standard InChI is InChI=1S/C20H20N2O2S.ClH/c1-14-12-21-13-16-9-10-17(11-19(14)16)22-25(23,24)20-8-4-6-15-5-2-3-7-18(15)20;/h2-11,14,21-22H,12-13H2,1H3;1H. The van der Waals surface area contributed by atoms with Crippen LogP contribution in [0.1, 0.15) is 24.0 Å². The molecule has 26 heavy (non-hydrogen) atoms. The van der Waals surface area contributed by atoms with Gasteiger partial charge in [0.1, 0.15) is 0 Å². The Morgan fingerprint density at radius 2 is 1.81 bits per heavy atom. The van der Waals surface area contributed by atoms with E-state index in [9.17, 15) is 8.42 Å². The van der Waals surface area contributed by atoms with Crippen LogP contribution in [-0.2, 0) is 16.6 Å². The number of fused-ring (bicyclic) bond motifs is 2. The van der Waals surface area contributed by atoms with Gasteiger partial charge in [0.05, 0.1) is 4.90 Å². The Balaban J connectivity index is 0.00000196. The summed E-state index contributed by atoms with van der Waals surface area (Å²) in [4.78, 5) is 0.304. The fourth-order valence-electron chi connectivity index (χ4n) is 3.45. The molecule has 1 unspecified atom stereocenters. The van der Waals surface area contributed by atoms with E-state index >= 15 is 0 Å². The Morgan fingerprint density at radius 1 is 1.04 bits per heavy atom. The van der Waals surface area contributed by atoms with Crippen molar-refractivity contribution in [3.8, 4) is 0 Å². The zero-order valence-electron chi connectivity index (χ0n) is 14.4. The predicted molar refractivity (Wildman–Crippen MR) is 109 cm³/mol. The van der Waals surface area contributed by atoms with Crippen LogP contribution in [0.3, 0.4) is 0 Å². The first-order valence-electron chi connectivity index (χ1n) is 8.39. The summed E-state index contributed by atoms with van der Waals surface area (Å²) in [6, 6.07) is 18.7. The Morgan fingerprint density at radius 3 is 2.65 bits per heavy atom. The van der Waals surface area contributed by atoms with Crippen LogP contribution in [0.2, 0.25) is 0 Å². The zero-order valence-corrected chi connectivity index (χ0v) is 16.0. The van der Waals surface area contributed by atoms with Gasteiger partial charge in [0, 0.05) is 24.2 Å². The molecule has 0 saturated carbocycles. The SMILES string of the molecule is CC1CNCc2ccc(NS(=O)(=O)c3cccc4ccccc34)cc21.Cl. The summed E-state index contributed by atoms with van der Waals surface area (Å²) in [6.45, 7) is 3.89. The van der Waals surface area contributed by atoms with Gasteiger partial charge in [0.2, 0.25) is 0 Å². The molecule has 0 radical (unpaired) electrons. The lowest BCUT2D eigenvalue weighted by atomic mass is 9.92. The van der Waals surface area contributed by atoms with Gasteiger partial charge in [-0.05, 0) is 40.6 Å². The van der Waals surface area contributed by atoms with Gasteiger partial charge in [-0.25, -0.2) is 8.42 Å². The maximum absolute atomic E-state index is 12.9. The fraction of sp³-hybridized carbons (Fsp3) is 0.200. The van der Waals surface area contributed by atoms with E-state index in [0.29, 0.717) is 16.5 Å². The van der Waals surface area contributed by atoms with Crippen molar-refractivity contribution in [2.75, 3.05) is 11.3 Å². The quantitative estimate of drug-likeness (QED) is 0.704. The maximum atomic E-state index is 12.9. The summed E-state index contributed by atoms with van der Waals surface area (Å²) >= 11 is 0. The van der Waals surface area contributed by atoms with Crippen LogP contribution in [0.25, 0.3) is 10.8 Å².